The summed E-state index contributed by atoms with van der Waals surface area (Å²) >= 11 is 0. The Labute approximate surface area is 125 Å². The number of nitrogens with zero attached hydrogens (tertiary/aromatic N) is 1. The van der Waals surface area contributed by atoms with E-state index in [0.717, 1.165) is 18.5 Å². The van der Waals surface area contributed by atoms with E-state index in [2.05, 4.69) is 83.5 Å². The summed E-state index contributed by atoms with van der Waals surface area (Å²) in [5.74, 6) is 0. The molecule has 0 saturated carbocycles. The molecule has 0 heterocycles. The minimum Gasteiger partial charge on any atom is -0.349 e. The molecule has 1 heteroatoms. The third-order valence-electron chi connectivity index (χ3n) is 4.23. The number of benzene rings is 1. The highest BCUT2D eigenvalue weighted by Crippen LogP contribution is 2.38. The fourth-order valence-electron chi connectivity index (χ4n) is 2.36. The van der Waals surface area contributed by atoms with E-state index in [1.165, 1.54) is 16.8 Å². The standard InChI is InChI=1S/C19H29N/c1-8-19(6,14-13-15(2)3)17-11-9-10-12-18(17)20(7)16(4)5/h9-13H,4,8,14H2,1-3,5-7H3. The summed E-state index contributed by atoms with van der Waals surface area (Å²) < 4.78 is 0. The third-order valence-corrected chi connectivity index (χ3v) is 4.23. The number of para-hydroxylation sites is 1. The van der Waals surface area contributed by atoms with Gasteiger partial charge in [0.2, 0.25) is 0 Å². The molecule has 1 rings (SSSR count). The minimum absolute atomic E-state index is 0.164. The van der Waals surface area contributed by atoms with Crippen molar-refractivity contribution in [1.82, 2.24) is 0 Å². The fraction of sp³-hybridized carbons (Fsp3) is 0.474. The van der Waals surface area contributed by atoms with Gasteiger partial charge >= 0.3 is 0 Å². The summed E-state index contributed by atoms with van der Waals surface area (Å²) in [6, 6.07) is 8.70. The molecule has 0 aromatic heterocycles. The molecule has 0 N–H and O–H groups in total. The van der Waals surface area contributed by atoms with Crippen LogP contribution in [-0.4, -0.2) is 7.05 Å². The molecule has 1 aromatic carbocycles. The average Bonchev–Trinajstić information content (AvgIpc) is 2.43. The second-order valence-electron chi connectivity index (χ2n) is 6.21. The molecular weight excluding hydrogens is 242 g/mol. The van der Waals surface area contributed by atoms with E-state index in [-0.39, 0.29) is 5.41 Å². The monoisotopic (exact) mass is 271 g/mol. The van der Waals surface area contributed by atoms with Gasteiger partial charge in [0.25, 0.3) is 0 Å². The molecule has 0 radical (unpaired) electrons. The van der Waals surface area contributed by atoms with Crippen LogP contribution < -0.4 is 4.90 Å². The summed E-state index contributed by atoms with van der Waals surface area (Å²) in [6.07, 6.45) is 4.55. The predicted molar refractivity (Wildman–Crippen MR) is 91.4 cm³/mol. The zero-order valence-corrected chi connectivity index (χ0v) is 14.0. The van der Waals surface area contributed by atoms with Gasteiger partial charge in [-0.05, 0) is 50.7 Å². The van der Waals surface area contributed by atoms with Crippen molar-refractivity contribution in [2.45, 2.75) is 52.9 Å². The lowest BCUT2D eigenvalue weighted by Gasteiger charge is -2.33. The van der Waals surface area contributed by atoms with Crippen molar-refractivity contribution in [3.05, 3.63) is 53.8 Å². The lowest BCUT2D eigenvalue weighted by Crippen LogP contribution is -2.25. The molecule has 0 aliphatic carbocycles. The van der Waals surface area contributed by atoms with Crippen molar-refractivity contribution < 1.29 is 0 Å². The highest BCUT2D eigenvalue weighted by Gasteiger charge is 2.27. The Kier molecular flexibility index (Phi) is 5.62. The second kappa shape index (κ2) is 6.78. The average molecular weight is 271 g/mol. The third kappa shape index (κ3) is 3.75. The van der Waals surface area contributed by atoms with Crippen LogP contribution >= 0.6 is 0 Å². The number of allylic oxidation sites excluding steroid dienone is 3. The maximum Gasteiger partial charge on any atom is 0.0443 e. The Balaban J connectivity index is 3.28. The molecule has 0 amide bonds. The Morgan fingerprint density at radius 2 is 1.85 bits per heavy atom. The molecule has 1 unspecified atom stereocenters. The van der Waals surface area contributed by atoms with E-state index in [1.54, 1.807) is 0 Å². The molecule has 1 atom stereocenters. The van der Waals surface area contributed by atoms with E-state index in [9.17, 15) is 0 Å². The molecule has 0 fully saturated rings. The first kappa shape index (κ1) is 16.6. The number of rotatable bonds is 6. The lowest BCUT2D eigenvalue weighted by molar-refractivity contribution is 0.460. The quantitative estimate of drug-likeness (QED) is 0.602. The first-order valence-electron chi connectivity index (χ1n) is 7.44. The first-order chi connectivity index (χ1) is 9.31. The van der Waals surface area contributed by atoms with Crippen molar-refractivity contribution >= 4 is 5.69 Å². The van der Waals surface area contributed by atoms with Crippen LogP contribution in [0.1, 0.15) is 53.0 Å². The van der Waals surface area contributed by atoms with Crippen LogP contribution in [0.2, 0.25) is 0 Å². The maximum atomic E-state index is 4.07. The van der Waals surface area contributed by atoms with E-state index in [0.29, 0.717) is 0 Å². The maximum absolute atomic E-state index is 4.07. The van der Waals surface area contributed by atoms with Crippen molar-refractivity contribution in [3.8, 4) is 0 Å². The number of hydrogen-bond acceptors (Lipinski definition) is 1. The van der Waals surface area contributed by atoms with E-state index in [1.807, 2.05) is 0 Å². The largest absolute Gasteiger partial charge is 0.349 e. The Morgan fingerprint density at radius 3 is 2.35 bits per heavy atom. The molecule has 0 spiro atoms. The van der Waals surface area contributed by atoms with Crippen molar-refractivity contribution in [2.75, 3.05) is 11.9 Å². The lowest BCUT2D eigenvalue weighted by atomic mass is 9.76. The van der Waals surface area contributed by atoms with Gasteiger partial charge in [0, 0.05) is 18.4 Å². The van der Waals surface area contributed by atoms with Crippen LogP contribution in [0.4, 0.5) is 5.69 Å². The summed E-state index contributed by atoms with van der Waals surface area (Å²) in [7, 11) is 2.10. The van der Waals surface area contributed by atoms with Gasteiger partial charge in [0.1, 0.15) is 0 Å². The van der Waals surface area contributed by atoms with Gasteiger partial charge in [-0.2, -0.15) is 0 Å². The normalized spacial score (nSPS) is 13.5. The molecule has 110 valence electrons. The van der Waals surface area contributed by atoms with Gasteiger partial charge in [-0.25, -0.2) is 0 Å². The van der Waals surface area contributed by atoms with Crippen LogP contribution in [0.3, 0.4) is 0 Å². The van der Waals surface area contributed by atoms with Crippen LogP contribution in [0.25, 0.3) is 0 Å². The molecule has 0 bridgehead atoms. The van der Waals surface area contributed by atoms with Gasteiger partial charge in [-0.1, -0.05) is 50.3 Å². The van der Waals surface area contributed by atoms with Crippen molar-refractivity contribution in [2.24, 2.45) is 0 Å². The van der Waals surface area contributed by atoms with Crippen LogP contribution in [-0.2, 0) is 5.41 Å². The minimum atomic E-state index is 0.164. The van der Waals surface area contributed by atoms with Crippen LogP contribution in [0, 0.1) is 0 Å². The Morgan fingerprint density at radius 1 is 1.25 bits per heavy atom. The molecule has 20 heavy (non-hydrogen) atoms. The topological polar surface area (TPSA) is 3.24 Å². The molecule has 1 nitrogen and oxygen atoms in total. The van der Waals surface area contributed by atoms with Crippen molar-refractivity contribution in [3.63, 3.8) is 0 Å². The predicted octanol–water partition coefficient (Wildman–Crippen LogP) is 5.68. The SMILES string of the molecule is C=C(C)N(C)c1ccccc1C(C)(CC)CC=C(C)C. The summed E-state index contributed by atoms with van der Waals surface area (Å²) in [5, 5.41) is 0. The van der Waals surface area contributed by atoms with Crippen LogP contribution in [0.5, 0.6) is 0 Å². The zero-order valence-electron chi connectivity index (χ0n) is 14.0. The molecular formula is C19H29N. The zero-order chi connectivity index (χ0) is 15.3. The van der Waals surface area contributed by atoms with Gasteiger partial charge in [0.15, 0.2) is 0 Å². The van der Waals surface area contributed by atoms with Gasteiger partial charge in [-0.15, -0.1) is 0 Å². The van der Waals surface area contributed by atoms with Gasteiger partial charge in [0.05, 0.1) is 0 Å². The highest BCUT2D eigenvalue weighted by atomic mass is 15.1. The van der Waals surface area contributed by atoms with E-state index >= 15 is 0 Å². The highest BCUT2D eigenvalue weighted by molar-refractivity contribution is 5.59. The van der Waals surface area contributed by atoms with Crippen LogP contribution in [0.15, 0.2) is 48.2 Å². The Bertz CT molecular complexity index is 494. The molecule has 0 aliphatic heterocycles. The summed E-state index contributed by atoms with van der Waals surface area (Å²) in [6.45, 7) is 15.1. The summed E-state index contributed by atoms with van der Waals surface area (Å²) in [5.41, 5.74) is 5.29. The van der Waals surface area contributed by atoms with Gasteiger partial charge < -0.3 is 4.90 Å². The number of hydrogen-bond donors (Lipinski definition) is 0. The van der Waals surface area contributed by atoms with Crippen molar-refractivity contribution in [1.29, 1.82) is 0 Å². The molecule has 1 aromatic rings. The smallest absolute Gasteiger partial charge is 0.0443 e. The van der Waals surface area contributed by atoms with Gasteiger partial charge in [-0.3, -0.25) is 0 Å². The number of anilines is 1. The molecule has 0 saturated heterocycles. The van der Waals surface area contributed by atoms with E-state index < -0.39 is 0 Å². The first-order valence-corrected chi connectivity index (χ1v) is 7.44. The fourth-order valence-corrected chi connectivity index (χ4v) is 2.36. The Hall–Kier alpha value is -1.50. The van der Waals surface area contributed by atoms with E-state index in [4.69, 9.17) is 0 Å². The second-order valence-corrected chi connectivity index (χ2v) is 6.21. The molecule has 0 aliphatic rings. The summed E-state index contributed by atoms with van der Waals surface area (Å²) in [4.78, 5) is 2.19.